The molecule has 0 bridgehead atoms. The highest BCUT2D eigenvalue weighted by molar-refractivity contribution is 7.99. The molecule has 0 fully saturated rings. The number of fused-ring (bicyclic) bond motifs is 1. The van der Waals surface area contributed by atoms with Crippen LogP contribution in [-0.2, 0) is 16.1 Å². The minimum atomic E-state index is -0.374. The van der Waals surface area contributed by atoms with Gasteiger partial charge in [0.25, 0.3) is 5.56 Å². The second-order valence-electron chi connectivity index (χ2n) is 5.53. The number of nitrogens with zero attached hydrogens (tertiary/aromatic N) is 2. The lowest BCUT2D eigenvalue weighted by Crippen LogP contribution is -2.22. The molecular formula is C18H17FN2O3S2. The van der Waals surface area contributed by atoms with Crippen molar-refractivity contribution in [2.45, 2.75) is 25.5 Å². The first-order chi connectivity index (χ1) is 12.5. The number of thioether (sulfide) groups is 1. The molecule has 136 valence electrons. The fourth-order valence-corrected chi connectivity index (χ4v) is 4.69. The number of esters is 1. The van der Waals surface area contributed by atoms with Gasteiger partial charge in [-0.2, -0.15) is 0 Å². The number of aryl methyl sites for hydroxylation is 1. The van der Waals surface area contributed by atoms with Crippen LogP contribution in [0.1, 0.15) is 11.8 Å². The second-order valence-corrected chi connectivity index (χ2v) is 7.67. The Morgan fingerprint density at radius 3 is 2.65 bits per heavy atom. The maximum atomic E-state index is 13.3. The molecule has 0 amide bonds. The number of carbonyl (C=O) groups is 1. The maximum absolute atomic E-state index is 13.3. The fourth-order valence-electron chi connectivity index (χ4n) is 2.71. The van der Waals surface area contributed by atoms with Gasteiger partial charge in [0.15, 0.2) is 5.16 Å². The predicted molar refractivity (Wildman–Crippen MR) is 102 cm³/mol. The largest absolute Gasteiger partial charge is 0.468 e. The number of hydrogen-bond donors (Lipinski definition) is 0. The molecule has 5 nitrogen and oxygen atoms in total. The van der Waals surface area contributed by atoms with Gasteiger partial charge in [0.2, 0.25) is 0 Å². The molecule has 0 aliphatic carbocycles. The Hall–Kier alpha value is -2.19. The topological polar surface area (TPSA) is 61.2 Å². The van der Waals surface area contributed by atoms with Crippen LogP contribution >= 0.6 is 23.1 Å². The molecule has 0 aliphatic heterocycles. The van der Waals surface area contributed by atoms with Crippen LogP contribution < -0.4 is 5.56 Å². The molecule has 0 saturated carbocycles. The van der Waals surface area contributed by atoms with Crippen LogP contribution in [0.3, 0.4) is 0 Å². The van der Waals surface area contributed by atoms with E-state index < -0.39 is 0 Å². The van der Waals surface area contributed by atoms with Gasteiger partial charge in [-0.15, -0.1) is 11.3 Å². The van der Waals surface area contributed by atoms with Crippen molar-refractivity contribution in [3.05, 3.63) is 45.3 Å². The molecule has 0 atom stereocenters. The minimum Gasteiger partial charge on any atom is -0.468 e. The Bertz CT molecular complexity index is 1030. The van der Waals surface area contributed by atoms with Crippen molar-refractivity contribution >= 4 is 39.3 Å². The molecule has 8 heteroatoms. The van der Waals surface area contributed by atoms with Gasteiger partial charge in [0.1, 0.15) is 10.6 Å². The molecule has 0 N–H and O–H groups in total. The van der Waals surface area contributed by atoms with Gasteiger partial charge >= 0.3 is 5.97 Å². The molecule has 26 heavy (non-hydrogen) atoms. The van der Waals surface area contributed by atoms with Gasteiger partial charge in [0, 0.05) is 17.0 Å². The van der Waals surface area contributed by atoms with Crippen LogP contribution in [-0.4, -0.2) is 28.4 Å². The van der Waals surface area contributed by atoms with E-state index in [1.807, 2.05) is 13.8 Å². The van der Waals surface area contributed by atoms with Crippen LogP contribution in [0, 0.1) is 12.7 Å². The van der Waals surface area contributed by atoms with Crippen LogP contribution in [0.5, 0.6) is 0 Å². The second kappa shape index (κ2) is 7.59. The molecule has 0 spiro atoms. The quantitative estimate of drug-likeness (QED) is 0.375. The molecule has 3 aromatic rings. The lowest BCUT2D eigenvalue weighted by molar-refractivity contribution is -0.137. The average molecular weight is 392 g/mol. The summed E-state index contributed by atoms with van der Waals surface area (Å²) in [7, 11) is 1.32. The van der Waals surface area contributed by atoms with Crippen molar-refractivity contribution < 1.29 is 13.9 Å². The summed E-state index contributed by atoms with van der Waals surface area (Å²) in [6, 6.07) is 6.09. The third kappa shape index (κ3) is 3.39. The zero-order chi connectivity index (χ0) is 18.8. The summed E-state index contributed by atoms with van der Waals surface area (Å²) < 4.78 is 19.5. The van der Waals surface area contributed by atoms with Gasteiger partial charge in [-0.05, 0) is 31.5 Å². The van der Waals surface area contributed by atoms with Crippen molar-refractivity contribution in [1.82, 2.24) is 9.55 Å². The Morgan fingerprint density at radius 1 is 1.35 bits per heavy atom. The highest BCUT2D eigenvalue weighted by Gasteiger charge is 2.20. The first kappa shape index (κ1) is 18.6. The van der Waals surface area contributed by atoms with Crippen molar-refractivity contribution in [2.24, 2.45) is 0 Å². The Kier molecular flexibility index (Phi) is 5.43. The SMILES string of the molecule is CCn1c(SCC(=O)OC)nc2sc(C)c(-c3ccc(F)cc3)c2c1=O. The van der Waals surface area contributed by atoms with E-state index >= 15 is 0 Å². The van der Waals surface area contributed by atoms with Gasteiger partial charge in [0.05, 0.1) is 18.2 Å². The highest BCUT2D eigenvalue weighted by Crippen LogP contribution is 2.36. The van der Waals surface area contributed by atoms with E-state index in [0.717, 1.165) is 16.0 Å². The van der Waals surface area contributed by atoms with Crippen molar-refractivity contribution in [2.75, 3.05) is 12.9 Å². The summed E-state index contributed by atoms with van der Waals surface area (Å²) in [6.45, 7) is 4.21. The standard InChI is InChI=1S/C18H17FN2O3S2/c1-4-21-17(23)15-14(11-5-7-12(19)8-6-11)10(2)26-16(15)20-18(21)25-9-13(22)24-3/h5-8H,4,9H2,1-3H3. The Balaban J connectivity index is 2.18. The molecular weight excluding hydrogens is 375 g/mol. The number of benzene rings is 1. The molecule has 0 unspecified atom stereocenters. The summed E-state index contributed by atoms with van der Waals surface area (Å²) in [5.41, 5.74) is 1.41. The number of aromatic nitrogens is 2. The average Bonchev–Trinajstić information content (AvgIpc) is 2.96. The summed E-state index contributed by atoms with van der Waals surface area (Å²) in [6.07, 6.45) is 0. The van der Waals surface area contributed by atoms with E-state index in [2.05, 4.69) is 9.72 Å². The van der Waals surface area contributed by atoms with Crippen molar-refractivity contribution in [1.29, 1.82) is 0 Å². The van der Waals surface area contributed by atoms with Crippen molar-refractivity contribution in [3.63, 3.8) is 0 Å². The van der Waals surface area contributed by atoms with E-state index in [1.54, 1.807) is 16.7 Å². The third-order valence-corrected chi connectivity index (χ3v) is 5.90. The van der Waals surface area contributed by atoms with E-state index in [0.29, 0.717) is 21.9 Å². The zero-order valence-corrected chi connectivity index (χ0v) is 16.2. The highest BCUT2D eigenvalue weighted by atomic mass is 32.2. The Labute approximate surface area is 157 Å². The number of hydrogen-bond acceptors (Lipinski definition) is 6. The smallest absolute Gasteiger partial charge is 0.316 e. The number of halogens is 1. The normalized spacial score (nSPS) is 11.1. The van der Waals surface area contributed by atoms with E-state index in [1.165, 1.54) is 42.3 Å². The lowest BCUT2D eigenvalue weighted by Gasteiger charge is -2.10. The molecule has 0 saturated heterocycles. The van der Waals surface area contributed by atoms with Gasteiger partial charge in [-0.25, -0.2) is 9.37 Å². The minimum absolute atomic E-state index is 0.0869. The van der Waals surface area contributed by atoms with Crippen LogP contribution in [0.2, 0.25) is 0 Å². The van der Waals surface area contributed by atoms with Crippen LogP contribution in [0.15, 0.2) is 34.2 Å². The number of methoxy groups -OCH3 is 1. The monoisotopic (exact) mass is 392 g/mol. The molecule has 0 aliphatic rings. The number of ether oxygens (including phenoxy) is 1. The summed E-state index contributed by atoms with van der Waals surface area (Å²) in [4.78, 5) is 30.7. The van der Waals surface area contributed by atoms with Crippen molar-refractivity contribution in [3.8, 4) is 11.1 Å². The fraction of sp³-hybridized carbons (Fsp3) is 0.278. The van der Waals surface area contributed by atoms with Gasteiger partial charge < -0.3 is 4.74 Å². The zero-order valence-electron chi connectivity index (χ0n) is 14.5. The molecule has 2 heterocycles. The van der Waals surface area contributed by atoms with Crippen LogP contribution in [0.4, 0.5) is 4.39 Å². The van der Waals surface area contributed by atoms with E-state index in [9.17, 15) is 14.0 Å². The molecule has 3 rings (SSSR count). The van der Waals surface area contributed by atoms with Gasteiger partial charge in [-0.1, -0.05) is 23.9 Å². The predicted octanol–water partition coefficient (Wildman–Crippen LogP) is 3.86. The molecule has 0 radical (unpaired) electrons. The number of rotatable bonds is 5. The first-order valence-corrected chi connectivity index (χ1v) is 9.76. The molecule has 2 aromatic heterocycles. The first-order valence-electron chi connectivity index (χ1n) is 7.95. The summed E-state index contributed by atoms with van der Waals surface area (Å²) in [5.74, 6) is -0.609. The Morgan fingerprint density at radius 2 is 2.04 bits per heavy atom. The number of thiophene rings is 1. The maximum Gasteiger partial charge on any atom is 0.316 e. The summed E-state index contributed by atoms with van der Waals surface area (Å²) >= 11 is 2.60. The van der Waals surface area contributed by atoms with Crippen LogP contribution in [0.25, 0.3) is 21.3 Å². The van der Waals surface area contributed by atoms with E-state index in [4.69, 9.17) is 0 Å². The molecule has 1 aromatic carbocycles. The lowest BCUT2D eigenvalue weighted by atomic mass is 10.0. The summed E-state index contributed by atoms with van der Waals surface area (Å²) in [5, 5.41) is 1.02. The van der Waals surface area contributed by atoms with E-state index in [-0.39, 0.29) is 23.1 Å². The van der Waals surface area contributed by atoms with Gasteiger partial charge in [-0.3, -0.25) is 14.2 Å². The third-order valence-electron chi connectivity index (χ3n) is 3.95. The number of carbonyl (C=O) groups excluding carboxylic acids is 1.